The predicted molar refractivity (Wildman–Crippen MR) is 133 cm³/mol. The minimum absolute atomic E-state index is 0.486. The third-order valence-electron chi connectivity index (χ3n) is 6.42. The van der Waals surface area contributed by atoms with Crippen LogP contribution in [0.1, 0.15) is 18.9 Å². The second-order valence-electron chi connectivity index (χ2n) is 9.14. The van der Waals surface area contributed by atoms with E-state index in [-0.39, 0.29) is 0 Å². The Hall–Kier alpha value is -2.59. The molecule has 0 saturated carbocycles. The maximum Gasteiger partial charge on any atom is 0.163 e. The first-order valence-corrected chi connectivity index (χ1v) is 12.5. The predicted octanol–water partition coefficient (Wildman–Crippen LogP) is 3.25. The van der Waals surface area contributed by atoms with Crippen molar-refractivity contribution in [3.8, 4) is 11.4 Å². The molecule has 5 heterocycles. The number of benzene rings is 1. The molecule has 33 heavy (non-hydrogen) atoms. The molecule has 8 nitrogen and oxygen atoms in total. The van der Waals surface area contributed by atoms with Crippen molar-refractivity contribution in [2.75, 3.05) is 44.3 Å². The summed E-state index contributed by atoms with van der Waals surface area (Å²) in [6.07, 6.45) is 1.97. The maximum absolute atomic E-state index is 5.60. The van der Waals surface area contributed by atoms with Crippen LogP contribution >= 0.6 is 11.3 Å². The summed E-state index contributed by atoms with van der Waals surface area (Å²) in [4.78, 5) is 24.2. The van der Waals surface area contributed by atoms with Crippen molar-refractivity contribution in [2.45, 2.75) is 32.5 Å². The lowest BCUT2D eigenvalue weighted by molar-refractivity contribution is 0.122. The molecule has 2 aliphatic heterocycles. The largest absolute Gasteiger partial charge is 0.378 e. The van der Waals surface area contributed by atoms with E-state index < -0.39 is 0 Å². The number of hydrogen-bond acceptors (Lipinski definition) is 8. The fourth-order valence-electron chi connectivity index (χ4n) is 5.08. The summed E-state index contributed by atoms with van der Waals surface area (Å²) in [5, 5.41) is 5.85. The van der Waals surface area contributed by atoms with E-state index in [1.54, 1.807) is 11.3 Å². The third-order valence-corrected chi connectivity index (χ3v) is 7.36. The number of aromatic amines is 1. The number of aromatic nitrogens is 4. The van der Waals surface area contributed by atoms with Crippen molar-refractivity contribution in [2.24, 2.45) is 0 Å². The van der Waals surface area contributed by atoms with Gasteiger partial charge in [0.05, 0.1) is 19.8 Å². The van der Waals surface area contributed by atoms with Gasteiger partial charge in [-0.05, 0) is 26.0 Å². The molecule has 0 unspecified atom stereocenters. The average Bonchev–Trinajstić information content (AvgIpc) is 3.44. The number of rotatable bonds is 4. The Bertz CT molecular complexity index is 1270. The average molecular weight is 464 g/mol. The van der Waals surface area contributed by atoms with Gasteiger partial charge >= 0.3 is 0 Å². The third kappa shape index (κ3) is 4.10. The molecular formula is C24H29N7OS. The Morgan fingerprint density at radius 2 is 1.88 bits per heavy atom. The lowest BCUT2D eigenvalue weighted by atomic mass is 10.1. The monoisotopic (exact) mass is 463 g/mol. The van der Waals surface area contributed by atoms with Crippen LogP contribution in [0, 0.1) is 0 Å². The Balaban J connectivity index is 1.43. The fourth-order valence-corrected chi connectivity index (χ4v) is 6.05. The van der Waals surface area contributed by atoms with Crippen molar-refractivity contribution in [1.29, 1.82) is 0 Å². The van der Waals surface area contributed by atoms with Crippen molar-refractivity contribution in [3.05, 3.63) is 35.5 Å². The van der Waals surface area contributed by atoms with Crippen LogP contribution in [-0.2, 0) is 11.3 Å². The van der Waals surface area contributed by atoms with E-state index in [1.807, 2.05) is 6.20 Å². The molecule has 2 atom stereocenters. The molecule has 9 heteroatoms. The number of hydrogen-bond donors (Lipinski definition) is 2. The molecule has 172 valence electrons. The van der Waals surface area contributed by atoms with E-state index in [2.05, 4.69) is 58.2 Å². The molecule has 3 aromatic heterocycles. The van der Waals surface area contributed by atoms with Crippen molar-refractivity contribution >= 4 is 38.4 Å². The smallest absolute Gasteiger partial charge is 0.163 e. The number of ether oxygens (including phenoxy) is 1. The number of thiazole rings is 1. The Morgan fingerprint density at radius 1 is 1.06 bits per heavy atom. The summed E-state index contributed by atoms with van der Waals surface area (Å²) < 4.78 is 5.60. The van der Waals surface area contributed by atoms with Gasteiger partial charge in [-0.15, -0.1) is 0 Å². The molecule has 2 N–H and O–H groups in total. The molecule has 0 spiro atoms. The zero-order chi connectivity index (χ0) is 22.4. The SMILES string of the molecule is C[C@@H]1CN(Cc2nc3c(N4CCOCC4)nc(-c4cccc5[nH]ccc45)nc3s2)C[C@H](C)N1. The fraction of sp³-hybridized carbons (Fsp3) is 0.458. The second kappa shape index (κ2) is 8.64. The second-order valence-corrected chi connectivity index (χ2v) is 10.2. The first-order chi connectivity index (χ1) is 16.1. The number of piperazine rings is 1. The van der Waals surface area contributed by atoms with Gasteiger partial charge in [-0.1, -0.05) is 23.5 Å². The van der Waals surface area contributed by atoms with Crippen LogP contribution in [0.3, 0.4) is 0 Å². The standard InChI is InChI=1S/C24H29N7OS/c1-15-12-30(13-16(2)26-15)14-20-27-21-23(31-8-10-32-11-9-31)28-22(29-24(21)33-20)18-4-3-5-19-17(18)6-7-25-19/h3-7,15-16,25-26H,8-14H2,1-2H3/t15-,16+. The van der Waals surface area contributed by atoms with Crippen molar-refractivity contribution in [1.82, 2.24) is 30.2 Å². The molecule has 1 aromatic carbocycles. The number of nitrogens with one attached hydrogen (secondary N) is 2. The molecule has 2 saturated heterocycles. The van der Waals surface area contributed by atoms with Crippen molar-refractivity contribution < 1.29 is 4.74 Å². The maximum atomic E-state index is 5.60. The van der Waals surface area contributed by atoms with Gasteiger partial charge in [0.25, 0.3) is 0 Å². The van der Waals surface area contributed by atoms with Gasteiger partial charge in [0.2, 0.25) is 0 Å². The van der Waals surface area contributed by atoms with Crippen LogP contribution in [-0.4, -0.2) is 76.3 Å². The molecule has 4 aromatic rings. The molecule has 2 fully saturated rings. The lowest BCUT2D eigenvalue weighted by Gasteiger charge is -2.35. The minimum Gasteiger partial charge on any atom is -0.378 e. The normalized spacial score (nSPS) is 22.4. The zero-order valence-corrected chi connectivity index (χ0v) is 19.9. The van der Waals surface area contributed by atoms with Crippen LogP contribution in [0.25, 0.3) is 32.6 Å². The highest BCUT2D eigenvalue weighted by atomic mass is 32.1. The van der Waals surface area contributed by atoms with E-state index in [1.165, 1.54) is 0 Å². The molecule has 0 bridgehead atoms. The van der Waals surface area contributed by atoms with Gasteiger partial charge in [0, 0.05) is 60.9 Å². The summed E-state index contributed by atoms with van der Waals surface area (Å²) >= 11 is 1.70. The highest BCUT2D eigenvalue weighted by molar-refractivity contribution is 7.18. The highest BCUT2D eigenvalue weighted by Crippen LogP contribution is 2.34. The first kappa shape index (κ1) is 21.0. The topological polar surface area (TPSA) is 82.2 Å². The molecule has 0 aliphatic carbocycles. The van der Waals surface area contributed by atoms with E-state index in [0.29, 0.717) is 25.3 Å². The number of H-pyrrole nitrogens is 1. The summed E-state index contributed by atoms with van der Waals surface area (Å²) in [5.41, 5.74) is 3.05. The van der Waals surface area contributed by atoms with E-state index in [4.69, 9.17) is 19.7 Å². The van der Waals surface area contributed by atoms with Gasteiger partial charge < -0.3 is 19.9 Å². The van der Waals surface area contributed by atoms with Crippen LogP contribution in [0.4, 0.5) is 5.82 Å². The highest BCUT2D eigenvalue weighted by Gasteiger charge is 2.25. The van der Waals surface area contributed by atoms with Gasteiger partial charge in [0.15, 0.2) is 11.6 Å². The van der Waals surface area contributed by atoms with E-state index in [9.17, 15) is 0 Å². The Morgan fingerprint density at radius 3 is 2.70 bits per heavy atom. The molecule has 2 aliphatic rings. The van der Waals surface area contributed by atoms with Gasteiger partial charge in [-0.3, -0.25) is 4.90 Å². The molecule has 0 amide bonds. The van der Waals surface area contributed by atoms with Gasteiger partial charge in [-0.25, -0.2) is 15.0 Å². The van der Waals surface area contributed by atoms with E-state index >= 15 is 0 Å². The quantitative estimate of drug-likeness (QED) is 0.481. The minimum atomic E-state index is 0.486. The number of morpholine rings is 1. The van der Waals surface area contributed by atoms with E-state index in [0.717, 1.165) is 76.2 Å². The number of anilines is 1. The van der Waals surface area contributed by atoms with Crippen LogP contribution < -0.4 is 10.2 Å². The van der Waals surface area contributed by atoms with Gasteiger partial charge in [0.1, 0.15) is 15.4 Å². The Labute approximate surface area is 197 Å². The van der Waals surface area contributed by atoms with Crippen LogP contribution in [0.5, 0.6) is 0 Å². The number of nitrogens with zero attached hydrogens (tertiary/aromatic N) is 5. The van der Waals surface area contributed by atoms with Crippen LogP contribution in [0.15, 0.2) is 30.5 Å². The molecular weight excluding hydrogens is 434 g/mol. The molecule has 6 rings (SSSR count). The Kier molecular flexibility index (Phi) is 5.49. The van der Waals surface area contributed by atoms with Crippen LogP contribution in [0.2, 0.25) is 0 Å². The van der Waals surface area contributed by atoms with Crippen molar-refractivity contribution in [3.63, 3.8) is 0 Å². The molecule has 0 radical (unpaired) electrons. The lowest BCUT2D eigenvalue weighted by Crippen LogP contribution is -2.53. The zero-order valence-electron chi connectivity index (χ0n) is 19.0. The number of fused-ring (bicyclic) bond motifs is 2. The summed E-state index contributed by atoms with van der Waals surface area (Å²) in [5.74, 6) is 1.68. The summed E-state index contributed by atoms with van der Waals surface area (Å²) in [7, 11) is 0. The summed E-state index contributed by atoms with van der Waals surface area (Å²) in [6, 6.07) is 9.31. The summed E-state index contributed by atoms with van der Waals surface area (Å²) in [6.45, 7) is 10.5. The van der Waals surface area contributed by atoms with Gasteiger partial charge in [-0.2, -0.15) is 0 Å². The first-order valence-electron chi connectivity index (χ1n) is 11.7.